The molecule has 0 radical (unpaired) electrons. The lowest BCUT2D eigenvalue weighted by atomic mass is 10.1. The van der Waals surface area contributed by atoms with Crippen molar-refractivity contribution in [2.45, 2.75) is 25.0 Å². The average Bonchev–Trinajstić information content (AvgIpc) is 2.90. The van der Waals surface area contributed by atoms with E-state index in [1.807, 2.05) is 24.3 Å². The van der Waals surface area contributed by atoms with Crippen LogP contribution >= 0.6 is 0 Å². The minimum absolute atomic E-state index is 0.174. The molecule has 2 unspecified atom stereocenters. The van der Waals surface area contributed by atoms with Gasteiger partial charge in [0.2, 0.25) is 0 Å². The quantitative estimate of drug-likeness (QED) is 0.807. The van der Waals surface area contributed by atoms with Crippen molar-refractivity contribution in [1.82, 2.24) is 5.32 Å². The van der Waals surface area contributed by atoms with E-state index in [0.717, 1.165) is 30.9 Å². The summed E-state index contributed by atoms with van der Waals surface area (Å²) in [5.41, 5.74) is 0. The number of hydrogen-bond acceptors (Lipinski definition) is 4. The van der Waals surface area contributed by atoms with Gasteiger partial charge in [0.1, 0.15) is 24.2 Å². The maximum atomic E-state index is 9.90. The first-order valence-electron chi connectivity index (χ1n) is 5.98. The van der Waals surface area contributed by atoms with Gasteiger partial charge in [-0.3, -0.25) is 0 Å². The van der Waals surface area contributed by atoms with Gasteiger partial charge in [-0.25, -0.2) is 0 Å². The number of hydrogen-bond donors (Lipinski definition) is 2. The predicted molar refractivity (Wildman–Crippen MR) is 65.5 cm³/mol. The Labute approximate surface area is 102 Å². The van der Waals surface area contributed by atoms with E-state index in [0.29, 0.717) is 6.61 Å². The standard InChI is InChI=1S/C13H19NO3/c1-16-10-4-6-11(7-5-10)17-9-13(15)12-3-2-8-14-12/h4-7,12-15H,2-3,8-9H2,1H3. The molecule has 4 nitrogen and oxygen atoms in total. The van der Waals surface area contributed by atoms with Crippen LogP contribution in [-0.2, 0) is 0 Å². The summed E-state index contributed by atoms with van der Waals surface area (Å²) in [5.74, 6) is 1.55. The minimum Gasteiger partial charge on any atom is -0.497 e. The molecule has 1 fully saturated rings. The number of methoxy groups -OCH3 is 1. The molecule has 1 aliphatic rings. The van der Waals surface area contributed by atoms with E-state index in [4.69, 9.17) is 9.47 Å². The highest BCUT2D eigenvalue weighted by molar-refractivity contribution is 5.31. The van der Waals surface area contributed by atoms with Crippen LogP contribution in [0.2, 0.25) is 0 Å². The van der Waals surface area contributed by atoms with Gasteiger partial charge in [-0.15, -0.1) is 0 Å². The number of benzene rings is 1. The zero-order valence-electron chi connectivity index (χ0n) is 10.1. The van der Waals surface area contributed by atoms with Gasteiger partial charge in [-0.05, 0) is 43.7 Å². The van der Waals surface area contributed by atoms with Crippen LogP contribution in [0.4, 0.5) is 0 Å². The Morgan fingerprint density at radius 3 is 2.65 bits per heavy atom. The van der Waals surface area contributed by atoms with Crippen molar-refractivity contribution in [1.29, 1.82) is 0 Å². The maximum Gasteiger partial charge on any atom is 0.119 e. The van der Waals surface area contributed by atoms with Crippen LogP contribution in [-0.4, -0.2) is 37.5 Å². The van der Waals surface area contributed by atoms with Gasteiger partial charge in [0.05, 0.1) is 7.11 Å². The van der Waals surface area contributed by atoms with Crippen molar-refractivity contribution in [3.8, 4) is 11.5 Å². The molecule has 4 heteroatoms. The molecule has 0 aromatic heterocycles. The van der Waals surface area contributed by atoms with Crippen LogP contribution in [0.15, 0.2) is 24.3 Å². The fraction of sp³-hybridized carbons (Fsp3) is 0.538. The first kappa shape index (κ1) is 12.2. The van der Waals surface area contributed by atoms with Gasteiger partial charge >= 0.3 is 0 Å². The molecule has 2 rings (SSSR count). The monoisotopic (exact) mass is 237 g/mol. The second-order valence-electron chi connectivity index (χ2n) is 4.26. The summed E-state index contributed by atoms with van der Waals surface area (Å²) < 4.78 is 10.6. The Balaban J connectivity index is 1.80. The Morgan fingerprint density at radius 1 is 1.35 bits per heavy atom. The van der Waals surface area contributed by atoms with E-state index in [1.165, 1.54) is 0 Å². The van der Waals surface area contributed by atoms with Crippen LogP contribution in [0.5, 0.6) is 11.5 Å². The third-order valence-electron chi connectivity index (χ3n) is 3.04. The predicted octanol–water partition coefficient (Wildman–Crippen LogP) is 1.19. The van der Waals surface area contributed by atoms with Crippen molar-refractivity contribution in [3.05, 3.63) is 24.3 Å². The van der Waals surface area contributed by atoms with Crippen molar-refractivity contribution in [2.75, 3.05) is 20.3 Å². The molecule has 2 N–H and O–H groups in total. The number of aliphatic hydroxyl groups is 1. The summed E-state index contributed by atoms with van der Waals surface area (Å²) in [6.07, 6.45) is 1.71. The first-order chi connectivity index (χ1) is 8.29. The summed E-state index contributed by atoms with van der Waals surface area (Å²) in [4.78, 5) is 0. The van der Waals surface area contributed by atoms with Crippen molar-refractivity contribution < 1.29 is 14.6 Å². The molecule has 0 amide bonds. The maximum absolute atomic E-state index is 9.90. The highest BCUT2D eigenvalue weighted by Gasteiger charge is 2.22. The summed E-state index contributed by atoms with van der Waals surface area (Å²) >= 11 is 0. The van der Waals surface area contributed by atoms with E-state index in [9.17, 15) is 5.11 Å². The Hall–Kier alpha value is -1.26. The van der Waals surface area contributed by atoms with E-state index < -0.39 is 6.10 Å². The molecular weight excluding hydrogens is 218 g/mol. The fourth-order valence-electron chi connectivity index (χ4n) is 2.01. The van der Waals surface area contributed by atoms with Crippen molar-refractivity contribution >= 4 is 0 Å². The molecule has 1 saturated heterocycles. The SMILES string of the molecule is COc1ccc(OCC(O)C2CCCN2)cc1. The lowest BCUT2D eigenvalue weighted by Crippen LogP contribution is -2.38. The summed E-state index contributed by atoms with van der Waals surface area (Å²) in [6, 6.07) is 7.54. The summed E-state index contributed by atoms with van der Waals surface area (Å²) in [5, 5.41) is 13.2. The average molecular weight is 237 g/mol. The van der Waals surface area contributed by atoms with Crippen LogP contribution in [0, 0.1) is 0 Å². The van der Waals surface area contributed by atoms with Crippen LogP contribution < -0.4 is 14.8 Å². The van der Waals surface area contributed by atoms with Crippen molar-refractivity contribution in [2.24, 2.45) is 0 Å². The fourth-order valence-corrected chi connectivity index (χ4v) is 2.01. The van der Waals surface area contributed by atoms with Gasteiger partial charge in [-0.2, -0.15) is 0 Å². The minimum atomic E-state index is -0.445. The first-order valence-corrected chi connectivity index (χ1v) is 5.98. The topological polar surface area (TPSA) is 50.7 Å². The van der Waals surface area contributed by atoms with Gasteiger partial charge in [-0.1, -0.05) is 0 Å². The molecule has 17 heavy (non-hydrogen) atoms. The number of ether oxygens (including phenoxy) is 2. The van der Waals surface area contributed by atoms with E-state index in [-0.39, 0.29) is 6.04 Å². The highest BCUT2D eigenvalue weighted by Crippen LogP contribution is 2.18. The van der Waals surface area contributed by atoms with Gasteiger partial charge < -0.3 is 19.9 Å². The normalized spacial score (nSPS) is 21.2. The third kappa shape index (κ3) is 3.35. The Morgan fingerprint density at radius 2 is 2.06 bits per heavy atom. The Bertz CT molecular complexity index is 333. The highest BCUT2D eigenvalue weighted by atomic mass is 16.5. The van der Waals surface area contributed by atoms with Crippen molar-refractivity contribution in [3.63, 3.8) is 0 Å². The second kappa shape index (κ2) is 5.89. The largest absolute Gasteiger partial charge is 0.497 e. The molecule has 0 saturated carbocycles. The number of aliphatic hydroxyl groups excluding tert-OH is 1. The van der Waals surface area contributed by atoms with E-state index in [2.05, 4.69) is 5.32 Å². The molecular formula is C13H19NO3. The number of nitrogens with one attached hydrogen (secondary N) is 1. The molecule has 0 bridgehead atoms. The van der Waals surface area contributed by atoms with E-state index in [1.54, 1.807) is 7.11 Å². The summed E-state index contributed by atoms with van der Waals surface area (Å²) in [7, 11) is 1.63. The molecule has 1 heterocycles. The molecule has 1 aliphatic heterocycles. The molecule has 1 aromatic rings. The van der Waals surface area contributed by atoms with Gasteiger partial charge in [0, 0.05) is 6.04 Å². The smallest absolute Gasteiger partial charge is 0.119 e. The lowest BCUT2D eigenvalue weighted by molar-refractivity contribution is 0.0792. The second-order valence-corrected chi connectivity index (χ2v) is 4.26. The van der Waals surface area contributed by atoms with Gasteiger partial charge in [0.15, 0.2) is 0 Å². The zero-order valence-corrected chi connectivity index (χ0v) is 10.1. The van der Waals surface area contributed by atoms with E-state index >= 15 is 0 Å². The Kier molecular flexibility index (Phi) is 4.23. The van der Waals surface area contributed by atoms with Crippen LogP contribution in [0.1, 0.15) is 12.8 Å². The lowest BCUT2D eigenvalue weighted by Gasteiger charge is -2.18. The molecule has 1 aromatic carbocycles. The molecule has 94 valence electrons. The molecule has 0 aliphatic carbocycles. The van der Waals surface area contributed by atoms with Crippen LogP contribution in [0.25, 0.3) is 0 Å². The number of rotatable bonds is 5. The zero-order chi connectivity index (χ0) is 12.1. The third-order valence-corrected chi connectivity index (χ3v) is 3.04. The molecule has 0 spiro atoms. The summed E-state index contributed by atoms with van der Waals surface area (Å²) in [6.45, 7) is 1.31. The molecule has 2 atom stereocenters. The van der Waals surface area contributed by atoms with Gasteiger partial charge in [0.25, 0.3) is 0 Å². The van der Waals surface area contributed by atoms with Crippen LogP contribution in [0.3, 0.4) is 0 Å².